The van der Waals surface area contributed by atoms with E-state index in [4.69, 9.17) is 0 Å². The summed E-state index contributed by atoms with van der Waals surface area (Å²) in [6.07, 6.45) is 1.17. The minimum Gasteiger partial charge on any atom is -0.314 e. The molecule has 2 rings (SSSR count). The largest absolute Gasteiger partial charge is 0.314 e. The van der Waals surface area contributed by atoms with Gasteiger partial charge in [0.1, 0.15) is 0 Å². The van der Waals surface area contributed by atoms with Crippen LogP contribution in [0.1, 0.15) is 31.9 Å². The van der Waals surface area contributed by atoms with Gasteiger partial charge in [0, 0.05) is 29.6 Å². The predicted molar refractivity (Wildman–Crippen MR) is 76.2 cm³/mol. The molecule has 1 aromatic carbocycles. The molecule has 0 radical (unpaired) electrons. The van der Waals surface area contributed by atoms with Crippen LogP contribution in [0.15, 0.2) is 28.7 Å². The lowest BCUT2D eigenvalue weighted by molar-refractivity contribution is 0.0981. The van der Waals surface area contributed by atoms with Crippen LogP contribution in [0.3, 0.4) is 0 Å². The van der Waals surface area contributed by atoms with Crippen LogP contribution >= 0.6 is 15.9 Å². The van der Waals surface area contributed by atoms with Crippen molar-refractivity contribution in [3.05, 3.63) is 34.3 Å². The van der Waals surface area contributed by atoms with Gasteiger partial charge in [0.25, 0.3) is 0 Å². The van der Waals surface area contributed by atoms with Crippen molar-refractivity contribution in [1.82, 2.24) is 10.2 Å². The van der Waals surface area contributed by atoms with Crippen LogP contribution in [0.25, 0.3) is 0 Å². The summed E-state index contributed by atoms with van der Waals surface area (Å²) in [7, 11) is 0. The first kappa shape index (κ1) is 13.1. The Hall–Kier alpha value is -0.380. The highest BCUT2D eigenvalue weighted by Gasteiger charge is 2.28. The van der Waals surface area contributed by atoms with Gasteiger partial charge in [-0.2, -0.15) is 0 Å². The van der Waals surface area contributed by atoms with Crippen LogP contribution in [0.5, 0.6) is 0 Å². The molecule has 1 unspecified atom stereocenters. The molecule has 0 aliphatic carbocycles. The van der Waals surface area contributed by atoms with E-state index in [1.807, 2.05) is 0 Å². The van der Waals surface area contributed by atoms with Crippen LogP contribution in [0, 0.1) is 0 Å². The van der Waals surface area contributed by atoms with Crippen molar-refractivity contribution < 1.29 is 0 Å². The molecule has 0 bridgehead atoms. The first-order chi connectivity index (χ1) is 8.26. The van der Waals surface area contributed by atoms with Gasteiger partial charge in [-0.25, -0.2) is 0 Å². The van der Waals surface area contributed by atoms with Crippen molar-refractivity contribution in [3.63, 3.8) is 0 Å². The van der Waals surface area contributed by atoms with E-state index in [0.29, 0.717) is 12.1 Å². The fourth-order valence-electron chi connectivity index (χ4n) is 2.59. The lowest BCUT2D eigenvalue weighted by Gasteiger charge is -2.42. The Morgan fingerprint density at radius 3 is 2.35 bits per heavy atom. The monoisotopic (exact) mass is 296 g/mol. The lowest BCUT2D eigenvalue weighted by Crippen LogP contribution is -2.57. The summed E-state index contributed by atoms with van der Waals surface area (Å²) in [6.45, 7) is 7.95. The van der Waals surface area contributed by atoms with Crippen molar-refractivity contribution in [3.8, 4) is 0 Å². The summed E-state index contributed by atoms with van der Waals surface area (Å²) in [5.41, 5.74) is 1.43. The van der Waals surface area contributed by atoms with Crippen LogP contribution in [0.2, 0.25) is 0 Å². The predicted octanol–water partition coefficient (Wildman–Crippen LogP) is 3.19. The minimum absolute atomic E-state index is 0.556. The molecule has 1 atom stereocenters. The molecule has 1 aromatic rings. The first-order valence-electron chi connectivity index (χ1n) is 6.48. The number of likely N-dealkylation sites (N-methyl/N-ethyl adjacent to an activating group) is 1. The number of benzene rings is 1. The second-order valence-electron chi connectivity index (χ2n) is 4.62. The Labute approximate surface area is 113 Å². The maximum atomic E-state index is 3.50. The summed E-state index contributed by atoms with van der Waals surface area (Å²) >= 11 is 3.50. The minimum atomic E-state index is 0.556. The van der Waals surface area contributed by atoms with Gasteiger partial charge in [0.15, 0.2) is 0 Å². The Morgan fingerprint density at radius 2 is 1.94 bits per heavy atom. The van der Waals surface area contributed by atoms with E-state index in [-0.39, 0.29) is 0 Å². The van der Waals surface area contributed by atoms with Gasteiger partial charge in [-0.3, -0.25) is 4.90 Å². The molecule has 1 N–H and O–H groups in total. The number of nitrogens with zero attached hydrogens (tertiary/aromatic N) is 1. The molecule has 1 heterocycles. The second-order valence-corrected chi connectivity index (χ2v) is 5.53. The topological polar surface area (TPSA) is 15.3 Å². The lowest BCUT2D eigenvalue weighted by atomic mass is 9.99. The Kier molecular flexibility index (Phi) is 4.60. The summed E-state index contributed by atoms with van der Waals surface area (Å²) in [6, 6.07) is 10.0. The average Bonchev–Trinajstić information content (AvgIpc) is 2.28. The molecule has 1 aliphatic heterocycles. The molecule has 0 aromatic heterocycles. The van der Waals surface area contributed by atoms with Crippen LogP contribution in [0.4, 0.5) is 0 Å². The van der Waals surface area contributed by atoms with E-state index < -0.39 is 0 Å². The van der Waals surface area contributed by atoms with Crippen molar-refractivity contribution >= 4 is 15.9 Å². The highest BCUT2D eigenvalue weighted by Crippen LogP contribution is 2.28. The smallest absolute Gasteiger partial charge is 0.0351 e. The number of nitrogens with one attached hydrogen (secondary N) is 1. The van der Waals surface area contributed by atoms with Gasteiger partial charge in [-0.15, -0.1) is 0 Å². The molecule has 17 heavy (non-hydrogen) atoms. The third kappa shape index (κ3) is 2.90. The van der Waals surface area contributed by atoms with Crippen LogP contribution < -0.4 is 5.32 Å². The summed E-state index contributed by atoms with van der Waals surface area (Å²) < 4.78 is 1.16. The standard InChI is InChI=1S/C14H21BrN2/c1-3-14(11-5-7-12(15)8-6-11)17(4-2)13-9-16-10-13/h5-8,13-14,16H,3-4,9-10H2,1-2H3. The SMILES string of the molecule is CCC(c1ccc(Br)cc1)N(CC)C1CNC1. The van der Waals surface area contributed by atoms with Gasteiger partial charge >= 0.3 is 0 Å². The normalized spacial score (nSPS) is 18.1. The van der Waals surface area contributed by atoms with Gasteiger partial charge in [-0.1, -0.05) is 41.9 Å². The molecule has 0 saturated carbocycles. The fraction of sp³-hybridized carbons (Fsp3) is 0.571. The molecule has 3 heteroatoms. The molecular weight excluding hydrogens is 276 g/mol. The summed E-state index contributed by atoms with van der Waals surface area (Å²) in [4.78, 5) is 2.62. The molecule has 2 nitrogen and oxygen atoms in total. The summed E-state index contributed by atoms with van der Waals surface area (Å²) in [5.74, 6) is 0. The van der Waals surface area contributed by atoms with Crippen LogP contribution in [-0.2, 0) is 0 Å². The van der Waals surface area contributed by atoms with Crippen molar-refractivity contribution in [1.29, 1.82) is 0 Å². The van der Waals surface area contributed by atoms with E-state index in [9.17, 15) is 0 Å². The number of rotatable bonds is 5. The quantitative estimate of drug-likeness (QED) is 0.898. The van der Waals surface area contributed by atoms with E-state index in [1.165, 1.54) is 12.0 Å². The van der Waals surface area contributed by atoms with Crippen molar-refractivity contribution in [2.75, 3.05) is 19.6 Å². The molecule has 1 fully saturated rings. The van der Waals surface area contributed by atoms with Gasteiger partial charge in [0.05, 0.1) is 0 Å². The molecule has 0 spiro atoms. The van der Waals surface area contributed by atoms with E-state index in [1.54, 1.807) is 0 Å². The highest BCUT2D eigenvalue weighted by atomic mass is 79.9. The summed E-state index contributed by atoms with van der Waals surface area (Å²) in [5, 5.41) is 3.37. The van der Waals surface area contributed by atoms with E-state index in [2.05, 4.69) is 64.3 Å². The maximum Gasteiger partial charge on any atom is 0.0351 e. The number of hydrogen-bond donors (Lipinski definition) is 1. The second kappa shape index (κ2) is 5.98. The van der Waals surface area contributed by atoms with Gasteiger partial charge in [-0.05, 0) is 30.7 Å². The first-order valence-corrected chi connectivity index (χ1v) is 7.27. The fourth-order valence-corrected chi connectivity index (χ4v) is 2.85. The average molecular weight is 297 g/mol. The third-order valence-corrected chi connectivity index (χ3v) is 4.16. The van der Waals surface area contributed by atoms with Gasteiger partial charge < -0.3 is 5.32 Å². The molecule has 0 amide bonds. The highest BCUT2D eigenvalue weighted by molar-refractivity contribution is 9.10. The molecule has 94 valence electrons. The maximum absolute atomic E-state index is 3.50. The number of halogens is 1. The Bertz CT molecular complexity index is 346. The van der Waals surface area contributed by atoms with Crippen molar-refractivity contribution in [2.24, 2.45) is 0 Å². The van der Waals surface area contributed by atoms with Crippen LogP contribution in [-0.4, -0.2) is 30.6 Å². The zero-order valence-corrected chi connectivity index (χ0v) is 12.2. The zero-order valence-electron chi connectivity index (χ0n) is 10.6. The van der Waals surface area contributed by atoms with E-state index >= 15 is 0 Å². The molecular formula is C14H21BrN2. The zero-order chi connectivity index (χ0) is 12.3. The van der Waals surface area contributed by atoms with Gasteiger partial charge in [0.2, 0.25) is 0 Å². The molecule has 1 saturated heterocycles. The molecule has 1 aliphatic rings. The van der Waals surface area contributed by atoms with Crippen molar-refractivity contribution in [2.45, 2.75) is 32.4 Å². The Morgan fingerprint density at radius 1 is 1.29 bits per heavy atom. The van der Waals surface area contributed by atoms with E-state index in [0.717, 1.165) is 24.1 Å². The third-order valence-electron chi connectivity index (χ3n) is 3.64. The number of hydrogen-bond acceptors (Lipinski definition) is 2. The Balaban J connectivity index is 2.15.